The van der Waals surface area contributed by atoms with Crippen LogP contribution in [-0.2, 0) is 4.74 Å². The lowest BCUT2D eigenvalue weighted by molar-refractivity contribution is 0.122. The monoisotopic (exact) mass is 257 g/mol. The van der Waals surface area contributed by atoms with Crippen molar-refractivity contribution < 1.29 is 9.84 Å². The fraction of sp³-hybridized carbons (Fsp3) is 0.400. The van der Waals surface area contributed by atoms with E-state index in [0.29, 0.717) is 5.75 Å². The summed E-state index contributed by atoms with van der Waals surface area (Å²) in [7, 11) is 0. The Labute approximate surface area is 91.4 Å². The summed E-state index contributed by atoms with van der Waals surface area (Å²) in [6.45, 7) is 3.15. The van der Waals surface area contributed by atoms with Crippen molar-refractivity contribution in [3.8, 4) is 5.75 Å². The molecule has 1 aliphatic rings. The topological polar surface area (TPSA) is 32.7 Å². The van der Waals surface area contributed by atoms with Gasteiger partial charge < -0.3 is 14.7 Å². The van der Waals surface area contributed by atoms with Crippen molar-refractivity contribution in [1.82, 2.24) is 0 Å². The summed E-state index contributed by atoms with van der Waals surface area (Å²) in [5.74, 6) is 0.321. The molecule has 0 saturated carbocycles. The second-order valence-corrected chi connectivity index (χ2v) is 4.15. The number of rotatable bonds is 1. The molecule has 0 unspecified atom stereocenters. The van der Waals surface area contributed by atoms with Gasteiger partial charge in [-0.05, 0) is 18.2 Å². The summed E-state index contributed by atoms with van der Waals surface area (Å²) in [4.78, 5) is 2.13. The number of ether oxygens (including phenoxy) is 1. The van der Waals surface area contributed by atoms with Crippen LogP contribution in [0.5, 0.6) is 5.75 Å². The third-order valence-corrected chi connectivity index (χ3v) is 2.78. The minimum atomic E-state index is 0.321. The van der Waals surface area contributed by atoms with Crippen LogP contribution in [-0.4, -0.2) is 31.4 Å². The third-order valence-electron chi connectivity index (χ3n) is 2.29. The molecular weight excluding hydrogens is 246 g/mol. The maximum atomic E-state index is 9.73. The highest BCUT2D eigenvalue weighted by molar-refractivity contribution is 9.10. The largest absolute Gasteiger partial charge is 0.506 e. The molecule has 1 aromatic carbocycles. The molecule has 0 spiro atoms. The number of morpholine rings is 1. The summed E-state index contributed by atoms with van der Waals surface area (Å²) < 4.78 is 6.15. The molecule has 0 aliphatic carbocycles. The molecule has 1 aromatic rings. The van der Waals surface area contributed by atoms with E-state index in [-0.39, 0.29) is 0 Å². The molecule has 1 N–H and O–H groups in total. The van der Waals surface area contributed by atoms with E-state index in [1.807, 2.05) is 12.1 Å². The lowest BCUT2D eigenvalue weighted by Crippen LogP contribution is -2.36. The summed E-state index contributed by atoms with van der Waals surface area (Å²) in [5.41, 5.74) is 0.886. The Morgan fingerprint density at radius 1 is 1.29 bits per heavy atom. The number of aromatic hydroxyl groups is 1. The maximum Gasteiger partial charge on any atom is 0.140 e. The predicted molar refractivity (Wildman–Crippen MR) is 58.8 cm³/mol. The van der Waals surface area contributed by atoms with E-state index in [2.05, 4.69) is 20.8 Å². The molecule has 0 radical (unpaired) electrons. The Morgan fingerprint density at radius 3 is 2.64 bits per heavy atom. The molecule has 4 heteroatoms. The number of phenolic OH excluding ortho intramolecular Hbond substituents is 1. The Hall–Kier alpha value is -0.740. The number of benzene rings is 1. The van der Waals surface area contributed by atoms with Gasteiger partial charge in [0.2, 0.25) is 0 Å². The molecule has 14 heavy (non-hydrogen) atoms. The van der Waals surface area contributed by atoms with E-state index in [1.165, 1.54) is 0 Å². The molecule has 76 valence electrons. The molecule has 1 fully saturated rings. The fourth-order valence-electron chi connectivity index (χ4n) is 1.57. The third kappa shape index (κ3) is 2.01. The lowest BCUT2D eigenvalue weighted by atomic mass is 10.2. The van der Waals surface area contributed by atoms with Gasteiger partial charge in [0, 0.05) is 17.6 Å². The van der Waals surface area contributed by atoms with Gasteiger partial charge in [-0.25, -0.2) is 0 Å². The van der Waals surface area contributed by atoms with Crippen LogP contribution in [0.3, 0.4) is 0 Å². The minimum Gasteiger partial charge on any atom is -0.506 e. The molecule has 1 aliphatic heterocycles. The number of hydrogen-bond donors (Lipinski definition) is 1. The minimum absolute atomic E-state index is 0.321. The van der Waals surface area contributed by atoms with E-state index >= 15 is 0 Å². The van der Waals surface area contributed by atoms with Crippen molar-refractivity contribution in [3.05, 3.63) is 22.7 Å². The second-order valence-electron chi connectivity index (χ2n) is 3.23. The van der Waals surface area contributed by atoms with Crippen LogP contribution >= 0.6 is 15.9 Å². The van der Waals surface area contributed by atoms with E-state index in [1.54, 1.807) is 6.07 Å². The van der Waals surface area contributed by atoms with Gasteiger partial charge in [0.15, 0.2) is 0 Å². The lowest BCUT2D eigenvalue weighted by Gasteiger charge is -2.29. The summed E-state index contributed by atoms with van der Waals surface area (Å²) >= 11 is 3.32. The zero-order valence-electron chi connectivity index (χ0n) is 7.74. The quantitative estimate of drug-likeness (QED) is 0.836. The number of halogens is 1. The summed E-state index contributed by atoms with van der Waals surface area (Å²) in [6, 6.07) is 5.57. The van der Waals surface area contributed by atoms with Crippen LogP contribution in [0.2, 0.25) is 0 Å². The SMILES string of the molecule is Oc1cc(Br)ccc1N1CCOCC1. The van der Waals surface area contributed by atoms with Gasteiger partial charge in [-0.15, -0.1) is 0 Å². The van der Waals surface area contributed by atoms with Crippen molar-refractivity contribution in [2.24, 2.45) is 0 Å². The van der Waals surface area contributed by atoms with Crippen LogP contribution in [0.1, 0.15) is 0 Å². The molecule has 2 rings (SSSR count). The molecule has 0 atom stereocenters. The molecule has 0 aromatic heterocycles. The summed E-state index contributed by atoms with van der Waals surface area (Å²) in [5, 5.41) is 9.73. The van der Waals surface area contributed by atoms with Gasteiger partial charge >= 0.3 is 0 Å². The smallest absolute Gasteiger partial charge is 0.140 e. The first-order valence-electron chi connectivity index (χ1n) is 4.58. The Morgan fingerprint density at radius 2 is 2.00 bits per heavy atom. The number of hydrogen-bond acceptors (Lipinski definition) is 3. The van der Waals surface area contributed by atoms with Crippen LogP contribution in [0.25, 0.3) is 0 Å². The van der Waals surface area contributed by atoms with Crippen molar-refractivity contribution in [1.29, 1.82) is 0 Å². The average Bonchev–Trinajstić information content (AvgIpc) is 2.19. The molecular formula is C10H12BrNO2. The maximum absolute atomic E-state index is 9.73. The molecule has 1 saturated heterocycles. The van der Waals surface area contributed by atoms with Crippen LogP contribution in [0.15, 0.2) is 22.7 Å². The van der Waals surface area contributed by atoms with E-state index < -0.39 is 0 Å². The Balaban J connectivity index is 2.22. The van der Waals surface area contributed by atoms with Crippen molar-refractivity contribution in [2.45, 2.75) is 0 Å². The van der Waals surface area contributed by atoms with Gasteiger partial charge in [-0.2, -0.15) is 0 Å². The molecule has 0 amide bonds. The van der Waals surface area contributed by atoms with Crippen molar-refractivity contribution in [2.75, 3.05) is 31.2 Å². The second kappa shape index (κ2) is 4.19. The fourth-order valence-corrected chi connectivity index (χ4v) is 1.92. The van der Waals surface area contributed by atoms with E-state index in [4.69, 9.17) is 4.74 Å². The van der Waals surface area contributed by atoms with E-state index in [9.17, 15) is 5.11 Å². The Kier molecular flexibility index (Phi) is 2.93. The predicted octanol–water partition coefficient (Wildman–Crippen LogP) is 1.99. The zero-order valence-corrected chi connectivity index (χ0v) is 9.33. The number of nitrogens with zero attached hydrogens (tertiary/aromatic N) is 1. The first-order valence-corrected chi connectivity index (χ1v) is 5.38. The average molecular weight is 258 g/mol. The van der Waals surface area contributed by atoms with Gasteiger partial charge in [0.25, 0.3) is 0 Å². The van der Waals surface area contributed by atoms with Gasteiger partial charge in [-0.3, -0.25) is 0 Å². The first kappa shape index (κ1) is 9.80. The van der Waals surface area contributed by atoms with Crippen molar-refractivity contribution >= 4 is 21.6 Å². The summed E-state index contributed by atoms with van der Waals surface area (Å²) in [6.07, 6.45) is 0. The zero-order chi connectivity index (χ0) is 9.97. The Bertz CT molecular complexity index is 324. The highest BCUT2D eigenvalue weighted by atomic mass is 79.9. The van der Waals surface area contributed by atoms with Crippen molar-refractivity contribution in [3.63, 3.8) is 0 Å². The molecule has 3 nitrogen and oxygen atoms in total. The van der Waals surface area contributed by atoms with Gasteiger partial charge in [0.05, 0.1) is 18.9 Å². The van der Waals surface area contributed by atoms with E-state index in [0.717, 1.165) is 36.5 Å². The van der Waals surface area contributed by atoms with Crippen LogP contribution < -0.4 is 4.90 Å². The normalized spacial score (nSPS) is 17.1. The first-order chi connectivity index (χ1) is 6.77. The standard InChI is InChI=1S/C10H12BrNO2/c11-8-1-2-9(10(13)7-8)12-3-5-14-6-4-12/h1-2,7,13H,3-6H2. The van der Waals surface area contributed by atoms with Gasteiger partial charge in [-0.1, -0.05) is 15.9 Å². The number of anilines is 1. The molecule has 0 bridgehead atoms. The van der Waals surface area contributed by atoms with Crippen LogP contribution in [0, 0.1) is 0 Å². The number of phenols is 1. The highest BCUT2D eigenvalue weighted by Gasteiger charge is 2.14. The molecule has 1 heterocycles. The van der Waals surface area contributed by atoms with Gasteiger partial charge in [0.1, 0.15) is 5.75 Å². The van der Waals surface area contributed by atoms with Crippen LogP contribution in [0.4, 0.5) is 5.69 Å². The highest BCUT2D eigenvalue weighted by Crippen LogP contribution is 2.30.